The molecule has 5 nitrogen and oxygen atoms in total. The number of hydrogen-bond acceptors (Lipinski definition) is 4. The van der Waals surface area contributed by atoms with Crippen LogP contribution in [0.15, 0.2) is 89.5 Å². The summed E-state index contributed by atoms with van der Waals surface area (Å²) in [6.45, 7) is 2.72. The lowest BCUT2D eigenvalue weighted by Gasteiger charge is -2.36. The Kier molecular flexibility index (Phi) is 6.03. The van der Waals surface area contributed by atoms with E-state index in [4.69, 9.17) is 9.51 Å². The Bertz CT molecular complexity index is 1180. The van der Waals surface area contributed by atoms with Gasteiger partial charge >= 0.3 is 0 Å². The van der Waals surface area contributed by atoms with Crippen molar-refractivity contribution in [3.63, 3.8) is 0 Å². The molecule has 0 bridgehead atoms. The molecule has 5 heteroatoms. The van der Waals surface area contributed by atoms with E-state index in [2.05, 4.69) is 5.16 Å². The highest BCUT2D eigenvalue weighted by atomic mass is 16.5. The second kappa shape index (κ2) is 9.41. The van der Waals surface area contributed by atoms with Gasteiger partial charge in [0.05, 0.1) is 5.92 Å². The fourth-order valence-corrected chi connectivity index (χ4v) is 4.66. The van der Waals surface area contributed by atoms with Crippen LogP contribution in [-0.2, 0) is 4.79 Å². The Morgan fingerprint density at radius 3 is 2.30 bits per heavy atom. The number of benzene rings is 3. The van der Waals surface area contributed by atoms with Crippen molar-refractivity contribution in [1.29, 1.82) is 0 Å². The van der Waals surface area contributed by atoms with Crippen LogP contribution in [-0.4, -0.2) is 27.5 Å². The van der Waals surface area contributed by atoms with Gasteiger partial charge in [-0.05, 0) is 43.4 Å². The van der Waals surface area contributed by atoms with Gasteiger partial charge in [-0.15, -0.1) is 0 Å². The van der Waals surface area contributed by atoms with Crippen molar-refractivity contribution >= 4 is 5.91 Å². The summed E-state index contributed by atoms with van der Waals surface area (Å²) < 4.78 is 5.71. The van der Waals surface area contributed by atoms with Crippen LogP contribution in [0.3, 0.4) is 0 Å². The second-order valence-corrected chi connectivity index (χ2v) is 8.62. The van der Waals surface area contributed by atoms with Gasteiger partial charge in [-0.25, -0.2) is 0 Å². The molecule has 1 unspecified atom stereocenters. The zero-order valence-electron chi connectivity index (χ0n) is 18.7. The molecule has 1 saturated heterocycles. The molecule has 0 N–H and O–H groups in total. The van der Waals surface area contributed by atoms with Crippen molar-refractivity contribution in [3.8, 4) is 11.4 Å². The number of amides is 1. The summed E-state index contributed by atoms with van der Waals surface area (Å²) in [5.74, 6) is 0.786. The van der Waals surface area contributed by atoms with E-state index in [1.165, 1.54) is 0 Å². The average Bonchev–Trinajstić information content (AvgIpc) is 3.36. The van der Waals surface area contributed by atoms with E-state index in [1.807, 2.05) is 96.8 Å². The van der Waals surface area contributed by atoms with Crippen molar-refractivity contribution in [2.75, 3.05) is 6.54 Å². The van der Waals surface area contributed by atoms with E-state index in [0.29, 0.717) is 18.3 Å². The predicted molar refractivity (Wildman–Crippen MR) is 128 cm³/mol. The first-order chi connectivity index (χ1) is 16.2. The van der Waals surface area contributed by atoms with Crippen molar-refractivity contribution in [3.05, 3.63) is 108 Å². The average molecular weight is 438 g/mol. The van der Waals surface area contributed by atoms with Crippen molar-refractivity contribution in [2.45, 2.75) is 38.1 Å². The Balaban J connectivity index is 1.48. The van der Waals surface area contributed by atoms with E-state index in [1.54, 1.807) is 0 Å². The van der Waals surface area contributed by atoms with E-state index in [9.17, 15) is 4.79 Å². The molecule has 33 heavy (non-hydrogen) atoms. The van der Waals surface area contributed by atoms with E-state index < -0.39 is 0 Å². The lowest BCUT2D eigenvalue weighted by atomic mass is 9.88. The molecule has 1 amide bonds. The second-order valence-electron chi connectivity index (χ2n) is 8.62. The number of piperidine rings is 1. The van der Waals surface area contributed by atoms with Crippen molar-refractivity contribution in [2.24, 2.45) is 0 Å². The maximum absolute atomic E-state index is 14.0. The fourth-order valence-electron chi connectivity index (χ4n) is 4.66. The summed E-state index contributed by atoms with van der Waals surface area (Å²) in [5.41, 5.74) is 4.04. The maximum atomic E-state index is 14.0. The standard InChI is InChI=1S/C28H27N3O2/c1-20-11-10-16-23(19-20)26-29-27(33-30-26)24-17-8-9-18-31(24)28(32)25(21-12-4-2-5-13-21)22-14-6-3-7-15-22/h2-7,10-16,19,24-25H,8-9,17-18H2,1H3. The smallest absolute Gasteiger partial charge is 0.249 e. The molecule has 0 spiro atoms. The molecule has 1 aliphatic rings. The molecule has 1 fully saturated rings. The van der Waals surface area contributed by atoms with E-state index in [-0.39, 0.29) is 17.9 Å². The van der Waals surface area contributed by atoms with Gasteiger partial charge < -0.3 is 9.42 Å². The number of aromatic nitrogens is 2. The Morgan fingerprint density at radius 1 is 0.939 bits per heavy atom. The van der Waals surface area contributed by atoms with Gasteiger partial charge in [-0.2, -0.15) is 4.98 Å². The van der Waals surface area contributed by atoms with Crippen LogP contribution < -0.4 is 0 Å². The molecule has 1 aromatic heterocycles. The predicted octanol–water partition coefficient (Wildman–Crippen LogP) is 5.93. The molecule has 2 heterocycles. The van der Waals surface area contributed by atoms with Gasteiger partial charge in [0.25, 0.3) is 0 Å². The molecule has 3 aromatic carbocycles. The largest absolute Gasteiger partial charge is 0.337 e. The zero-order valence-corrected chi connectivity index (χ0v) is 18.7. The highest BCUT2D eigenvalue weighted by molar-refractivity contribution is 5.87. The van der Waals surface area contributed by atoms with Crippen LogP contribution >= 0.6 is 0 Å². The first-order valence-electron chi connectivity index (χ1n) is 11.5. The third-order valence-electron chi connectivity index (χ3n) is 6.30. The quantitative estimate of drug-likeness (QED) is 0.388. The minimum Gasteiger partial charge on any atom is -0.337 e. The first-order valence-corrected chi connectivity index (χ1v) is 11.5. The topological polar surface area (TPSA) is 59.2 Å². The number of nitrogens with zero attached hydrogens (tertiary/aromatic N) is 3. The number of carbonyl (C=O) groups is 1. The van der Waals surface area contributed by atoms with Crippen molar-refractivity contribution in [1.82, 2.24) is 15.0 Å². The summed E-state index contributed by atoms with van der Waals surface area (Å²) >= 11 is 0. The lowest BCUT2D eigenvalue weighted by Crippen LogP contribution is -2.41. The van der Waals surface area contributed by atoms with Gasteiger partial charge in [-0.1, -0.05) is 89.6 Å². The fraction of sp³-hybridized carbons (Fsp3) is 0.250. The normalized spacial score (nSPS) is 16.2. The van der Waals surface area contributed by atoms with Gasteiger partial charge in [0.2, 0.25) is 17.6 Å². The summed E-state index contributed by atoms with van der Waals surface area (Å²) in [7, 11) is 0. The molecule has 1 aliphatic heterocycles. The number of rotatable bonds is 5. The van der Waals surface area contributed by atoms with Crippen LogP contribution in [0.1, 0.15) is 53.8 Å². The van der Waals surface area contributed by atoms with Crippen molar-refractivity contribution < 1.29 is 9.32 Å². The molecule has 0 aliphatic carbocycles. The number of likely N-dealkylation sites (tertiary alicyclic amines) is 1. The van der Waals surface area contributed by atoms with Crippen LogP contribution in [0.2, 0.25) is 0 Å². The molecule has 0 saturated carbocycles. The molecular formula is C28H27N3O2. The summed E-state index contributed by atoms with van der Waals surface area (Å²) in [5, 5.41) is 4.23. The van der Waals surface area contributed by atoms with Crippen LogP contribution in [0.25, 0.3) is 11.4 Å². The minimum absolute atomic E-state index is 0.0763. The lowest BCUT2D eigenvalue weighted by molar-refractivity contribution is -0.136. The molecular weight excluding hydrogens is 410 g/mol. The third-order valence-corrected chi connectivity index (χ3v) is 6.30. The van der Waals surface area contributed by atoms with Crippen LogP contribution in [0.5, 0.6) is 0 Å². The molecule has 4 aromatic rings. The highest BCUT2D eigenvalue weighted by Crippen LogP contribution is 2.36. The van der Waals surface area contributed by atoms with E-state index in [0.717, 1.165) is 41.5 Å². The highest BCUT2D eigenvalue weighted by Gasteiger charge is 2.36. The SMILES string of the molecule is Cc1cccc(-c2noc(C3CCCCN3C(=O)C(c3ccccc3)c3ccccc3)n2)c1. The molecule has 5 rings (SSSR count). The summed E-state index contributed by atoms with van der Waals surface area (Å²) in [6.07, 6.45) is 2.81. The van der Waals surface area contributed by atoms with Crippen LogP contribution in [0.4, 0.5) is 0 Å². The Hall–Kier alpha value is -3.73. The minimum atomic E-state index is -0.368. The molecule has 1 atom stereocenters. The Labute approximate surface area is 194 Å². The zero-order chi connectivity index (χ0) is 22.6. The van der Waals surface area contributed by atoms with Gasteiger partial charge in [0.1, 0.15) is 6.04 Å². The maximum Gasteiger partial charge on any atom is 0.249 e. The van der Waals surface area contributed by atoms with Gasteiger partial charge in [-0.3, -0.25) is 4.79 Å². The first kappa shape index (κ1) is 21.1. The third kappa shape index (κ3) is 4.44. The van der Waals surface area contributed by atoms with Gasteiger partial charge in [0.15, 0.2) is 0 Å². The number of hydrogen-bond donors (Lipinski definition) is 0. The Morgan fingerprint density at radius 2 is 1.64 bits per heavy atom. The number of aryl methyl sites for hydroxylation is 1. The molecule has 0 radical (unpaired) electrons. The van der Waals surface area contributed by atoms with E-state index >= 15 is 0 Å². The summed E-state index contributed by atoms with van der Waals surface area (Å²) in [6, 6.07) is 27.8. The van der Waals surface area contributed by atoms with Gasteiger partial charge in [0, 0.05) is 12.1 Å². The summed E-state index contributed by atoms with van der Waals surface area (Å²) in [4.78, 5) is 20.7. The number of carbonyl (C=O) groups excluding carboxylic acids is 1. The monoisotopic (exact) mass is 437 g/mol. The van der Waals surface area contributed by atoms with Crippen LogP contribution in [0, 0.1) is 6.92 Å². The molecule has 166 valence electrons.